The van der Waals surface area contributed by atoms with E-state index in [0.29, 0.717) is 18.6 Å². The third-order valence-electron chi connectivity index (χ3n) is 8.44. The van der Waals surface area contributed by atoms with Crippen LogP contribution in [-0.2, 0) is 30.7 Å². The van der Waals surface area contributed by atoms with Gasteiger partial charge in [0.1, 0.15) is 11.4 Å². The molecule has 0 aromatic heterocycles. The van der Waals surface area contributed by atoms with Gasteiger partial charge in [0.2, 0.25) is 19.7 Å². The van der Waals surface area contributed by atoms with Crippen molar-refractivity contribution >= 4 is 19.7 Å². The second kappa shape index (κ2) is 12.1. The largest absolute Gasteiger partial charge is 0.483 e. The van der Waals surface area contributed by atoms with Crippen LogP contribution in [0.15, 0.2) is 117 Å². The molecular formula is C35H40O5S2. The summed E-state index contributed by atoms with van der Waals surface area (Å²) in [4.78, 5) is 0.924. The molecule has 0 aliphatic carbocycles. The van der Waals surface area contributed by atoms with E-state index in [4.69, 9.17) is 4.74 Å². The van der Waals surface area contributed by atoms with Crippen molar-refractivity contribution in [3.63, 3.8) is 0 Å². The number of sulfone groups is 2. The molecule has 0 unspecified atom stereocenters. The Morgan fingerprint density at radius 3 is 1.26 bits per heavy atom. The molecule has 0 N–H and O–H groups in total. The van der Waals surface area contributed by atoms with Crippen molar-refractivity contribution in [1.82, 2.24) is 0 Å². The summed E-state index contributed by atoms with van der Waals surface area (Å²) in [6.45, 7) is 12.4. The molecule has 0 heterocycles. The highest BCUT2D eigenvalue weighted by atomic mass is 32.2. The minimum Gasteiger partial charge on any atom is -0.483 e. The van der Waals surface area contributed by atoms with Gasteiger partial charge in [-0.1, -0.05) is 76.6 Å². The van der Waals surface area contributed by atoms with Crippen LogP contribution in [0.4, 0.5) is 0 Å². The molecule has 7 heteroatoms. The number of rotatable bonds is 11. The van der Waals surface area contributed by atoms with E-state index in [1.165, 1.54) is 0 Å². The first-order valence-electron chi connectivity index (χ1n) is 14.4. The van der Waals surface area contributed by atoms with E-state index >= 15 is 0 Å². The molecule has 5 nitrogen and oxygen atoms in total. The van der Waals surface area contributed by atoms with Gasteiger partial charge in [-0.15, -0.1) is 0 Å². The van der Waals surface area contributed by atoms with Crippen molar-refractivity contribution in [2.45, 2.75) is 91.4 Å². The predicted molar refractivity (Wildman–Crippen MR) is 168 cm³/mol. The van der Waals surface area contributed by atoms with Gasteiger partial charge in [0.05, 0.1) is 19.6 Å². The highest BCUT2D eigenvalue weighted by Crippen LogP contribution is 2.36. The number of benzene rings is 4. The monoisotopic (exact) mass is 604 g/mol. The molecule has 0 saturated heterocycles. The van der Waals surface area contributed by atoms with E-state index < -0.39 is 25.3 Å². The van der Waals surface area contributed by atoms with Gasteiger partial charge in [-0.3, -0.25) is 0 Å². The van der Waals surface area contributed by atoms with Gasteiger partial charge in [0.25, 0.3) is 0 Å². The summed E-state index contributed by atoms with van der Waals surface area (Å²) < 4.78 is 59.5. The van der Waals surface area contributed by atoms with E-state index in [9.17, 15) is 16.8 Å². The Morgan fingerprint density at radius 1 is 0.524 bits per heavy atom. The van der Waals surface area contributed by atoms with Gasteiger partial charge >= 0.3 is 0 Å². The molecule has 0 saturated carbocycles. The maximum atomic E-state index is 13.3. The third-order valence-corrected chi connectivity index (χ3v) is 12.0. The van der Waals surface area contributed by atoms with Crippen LogP contribution in [0.1, 0.15) is 70.6 Å². The molecule has 4 aromatic rings. The normalized spacial score (nSPS) is 12.7. The molecule has 0 amide bonds. The minimum absolute atomic E-state index is 0.0258. The van der Waals surface area contributed by atoms with Crippen LogP contribution in [0.25, 0.3) is 0 Å². The minimum atomic E-state index is -3.69. The summed E-state index contributed by atoms with van der Waals surface area (Å²) in [6, 6.07) is 27.3. The predicted octanol–water partition coefficient (Wildman–Crippen LogP) is 8.44. The molecule has 0 aliphatic heterocycles. The summed E-state index contributed by atoms with van der Waals surface area (Å²) >= 11 is 0. The Hall–Kier alpha value is -3.42. The molecule has 0 spiro atoms. The SMILES string of the molecule is CCC(C)(C)c1ccc(S(=O)(=O)c2ccc(OC(CC)(CC)c3ccc(S(=O)(=O)c4ccc(C)cc4)cc3)cc2)cc1. The Bertz CT molecular complexity index is 1710. The Kier molecular flexibility index (Phi) is 9.05. The first-order valence-corrected chi connectivity index (χ1v) is 17.3. The topological polar surface area (TPSA) is 77.5 Å². The molecule has 0 fully saturated rings. The fourth-order valence-corrected chi connectivity index (χ4v) is 7.51. The summed E-state index contributed by atoms with van der Waals surface area (Å²) in [6.07, 6.45) is 2.22. The number of hydrogen-bond donors (Lipinski definition) is 0. The Balaban J connectivity index is 1.57. The van der Waals surface area contributed by atoms with Crippen molar-refractivity contribution in [2.24, 2.45) is 0 Å². The zero-order chi connectivity index (χ0) is 30.8. The van der Waals surface area contributed by atoms with Crippen molar-refractivity contribution in [2.75, 3.05) is 0 Å². The maximum Gasteiger partial charge on any atom is 0.206 e. The van der Waals surface area contributed by atoms with Crippen LogP contribution in [0.5, 0.6) is 5.75 Å². The second-order valence-corrected chi connectivity index (χ2v) is 15.3. The maximum absolute atomic E-state index is 13.3. The van der Waals surface area contributed by atoms with Crippen LogP contribution in [0, 0.1) is 6.92 Å². The van der Waals surface area contributed by atoms with Gasteiger partial charge in [-0.25, -0.2) is 16.8 Å². The Labute approximate surface area is 251 Å². The highest BCUT2D eigenvalue weighted by Gasteiger charge is 2.32. The first-order chi connectivity index (χ1) is 19.8. The molecular weight excluding hydrogens is 565 g/mol. The van der Waals surface area contributed by atoms with Crippen molar-refractivity contribution in [3.05, 3.63) is 114 Å². The lowest BCUT2D eigenvalue weighted by molar-refractivity contribution is 0.0572. The average Bonchev–Trinajstić information content (AvgIpc) is 3.00. The molecule has 222 valence electrons. The zero-order valence-electron chi connectivity index (χ0n) is 25.2. The quantitative estimate of drug-likeness (QED) is 0.172. The van der Waals surface area contributed by atoms with E-state index in [2.05, 4.69) is 20.8 Å². The van der Waals surface area contributed by atoms with Crippen molar-refractivity contribution in [3.8, 4) is 5.75 Å². The molecule has 0 atom stereocenters. The zero-order valence-corrected chi connectivity index (χ0v) is 26.8. The van der Waals surface area contributed by atoms with E-state index in [-0.39, 0.29) is 25.0 Å². The standard InChI is InChI=1S/C35H40O5S2/c1-7-34(5,6)27-12-20-31(21-13-27)42(38,39)33-24-16-29(17-25-33)40-35(8-2,9-3)28-14-22-32(23-15-28)41(36,37)30-18-10-26(4)11-19-30/h10-25H,7-9H2,1-6H3. The van der Waals surface area contributed by atoms with Gasteiger partial charge in [0.15, 0.2) is 0 Å². The van der Waals surface area contributed by atoms with Crippen LogP contribution in [-0.4, -0.2) is 16.8 Å². The first kappa shape index (κ1) is 31.5. The third kappa shape index (κ3) is 6.18. The number of hydrogen-bond acceptors (Lipinski definition) is 5. The number of aryl methyl sites for hydroxylation is 1. The smallest absolute Gasteiger partial charge is 0.206 e. The van der Waals surface area contributed by atoms with Crippen molar-refractivity contribution < 1.29 is 21.6 Å². The lowest BCUT2D eigenvalue weighted by Gasteiger charge is -2.33. The van der Waals surface area contributed by atoms with Crippen LogP contribution < -0.4 is 4.74 Å². The van der Waals surface area contributed by atoms with Gasteiger partial charge in [-0.05, 0) is 103 Å². The number of ether oxygens (including phenoxy) is 1. The lowest BCUT2D eigenvalue weighted by atomic mass is 9.82. The van der Waals surface area contributed by atoms with E-state index in [0.717, 1.165) is 23.1 Å². The second-order valence-electron chi connectivity index (χ2n) is 11.4. The summed E-state index contributed by atoms with van der Waals surface area (Å²) in [5, 5.41) is 0. The van der Waals surface area contributed by atoms with Gasteiger partial charge in [-0.2, -0.15) is 0 Å². The molecule has 4 aromatic carbocycles. The molecule has 4 rings (SSSR count). The van der Waals surface area contributed by atoms with E-state index in [1.807, 2.05) is 32.9 Å². The summed E-state index contributed by atoms with van der Waals surface area (Å²) in [7, 11) is -7.33. The highest BCUT2D eigenvalue weighted by molar-refractivity contribution is 7.91. The average molecular weight is 605 g/mol. The fraction of sp³-hybridized carbons (Fsp3) is 0.314. The van der Waals surface area contributed by atoms with Gasteiger partial charge < -0.3 is 4.74 Å². The van der Waals surface area contributed by atoms with Crippen molar-refractivity contribution in [1.29, 1.82) is 0 Å². The molecule has 0 bridgehead atoms. The summed E-state index contributed by atoms with van der Waals surface area (Å²) in [5.41, 5.74) is 2.20. The van der Waals surface area contributed by atoms with Crippen LogP contribution in [0.2, 0.25) is 0 Å². The lowest BCUT2D eigenvalue weighted by Crippen LogP contribution is -2.31. The molecule has 0 radical (unpaired) electrons. The molecule has 42 heavy (non-hydrogen) atoms. The van der Waals surface area contributed by atoms with Crippen LogP contribution >= 0.6 is 0 Å². The van der Waals surface area contributed by atoms with Crippen LogP contribution in [0.3, 0.4) is 0 Å². The Morgan fingerprint density at radius 2 is 0.881 bits per heavy atom. The summed E-state index contributed by atoms with van der Waals surface area (Å²) in [5.74, 6) is 0.536. The molecule has 0 aliphatic rings. The van der Waals surface area contributed by atoms with Gasteiger partial charge in [0, 0.05) is 0 Å². The van der Waals surface area contributed by atoms with E-state index in [1.54, 1.807) is 84.9 Å². The fourth-order valence-electron chi connectivity index (χ4n) is 4.99.